The second-order valence-electron chi connectivity index (χ2n) is 6.67. The molecule has 3 aromatic rings. The molecule has 1 aromatic heterocycles. The van der Waals surface area contributed by atoms with Gasteiger partial charge in [-0.1, -0.05) is 42.5 Å². The standard InChI is InChI=1S/C23H26N4O/c1-3-27(20-13-7-9-18(2)17-20)22(28)21-14-16-25-23(26-21)24-15-8-12-19-10-5-4-6-11-19/h4-7,9-11,13-14,16-17H,3,8,12,15H2,1-2H3,(H,24,25,26). The fraction of sp³-hybridized carbons (Fsp3) is 0.261. The van der Waals surface area contributed by atoms with Crippen molar-refractivity contribution in [3.8, 4) is 0 Å². The van der Waals surface area contributed by atoms with Crippen LogP contribution in [-0.2, 0) is 6.42 Å². The third kappa shape index (κ3) is 5.16. The zero-order valence-electron chi connectivity index (χ0n) is 16.4. The number of carbonyl (C=O) groups excluding carboxylic acids is 1. The van der Waals surface area contributed by atoms with Gasteiger partial charge in [-0.05, 0) is 56.0 Å². The predicted octanol–water partition coefficient (Wildman–Crippen LogP) is 4.50. The average Bonchev–Trinajstić information content (AvgIpc) is 2.73. The van der Waals surface area contributed by atoms with Crippen molar-refractivity contribution in [2.45, 2.75) is 26.7 Å². The first-order chi connectivity index (χ1) is 13.7. The Morgan fingerprint density at radius 3 is 2.64 bits per heavy atom. The highest BCUT2D eigenvalue weighted by atomic mass is 16.2. The monoisotopic (exact) mass is 374 g/mol. The largest absolute Gasteiger partial charge is 0.354 e. The van der Waals surface area contributed by atoms with Crippen molar-refractivity contribution in [2.24, 2.45) is 0 Å². The highest BCUT2D eigenvalue weighted by Gasteiger charge is 2.18. The van der Waals surface area contributed by atoms with Crippen LogP contribution in [-0.4, -0.2) is 29.0 Å². The summed E-state index contributed by atoms with van der Waals surface area (Å²) >= 11 is 0. The first-order valence-corrected chi connectivity index (χ1v) is 9.66. The van der Waals surface area contributed by atoms with Gasteiger partial charge in [0.1, 0.15) is 5.69 Å². The summed E-state index contributed by atoms with van der Waals surface area (Å²) in [5.41, 5.74) is 3.70. The van der Waals surface area contributed by atoms with Gasteiger partial charge in [0.25, 0.3) is 5.91 Å². The fourth-order valence-corrected chi connectivity index (χ4v) is 3.08. The minimum Gasteiger partial charge on any atom is -0.354 e. The van der Waals surface area contributed by atoms with Crippen LogP contribution in [0.5, 0.6) is 0 Å². The van der Waals surface area contributed by atoms with E-state index >= 15 is 0 Å². The van der Waals surface area contributed by atoms with Gasteiger partial charge in [0, 0.05) is 25.0 Å². The summed E-state index contributed by atoms with van der Waals surface area (Å²) in [6.45, 7) is 5.31. The zero-order chi connectivity index (χ0) is 19.8. The maximum atomic E-state index is 13.0. The Morgan fingerprint density at radius 1 is 1.07 bits per heavy atom. The Labute approximate surface area is 166 Å². The molecule has 0 saturated heterocycles. The molecule has 3 rings (SSSR count). The highest BCUT2D eigenvalue weighted by molar-refractivity contribution is 6.04. The van der Waals surface area contributed by atoms with Crippen molar-refractivity contribution in [2.75, 3.05) is 23.3 Å². The third-order valence-corrected chi connectivity index (χ3v) is 4.52. The average molecular weight is 374 g/mol. The van der Waals surface area contributed by atoms with Crippen LogP contribution in [0.25, 0.3) is 0 Å². The van der Waals surface area contributed by atoms with Gasteiger partial charge >= 0.3 is 0 Å². The first kappa shape index (κ1) is 19.5. The molecule has 1 heterocycles. The predicted molar refractivity (Wildman–Crippen MR) is 114 cm³/mol. The molecule has 1 amide bonds. The summed E-state index contributed by atoms with van der Waals surface area (Å²) in [6.07, 6.45) is 3.59. The van der Waals surface area contributed by atoms with Crippen molar-refractivity contribution in [1.29, 1.82) is 0 Å². The molecule has 5 nitrogen and oxygen atoms in total. The second-order valence-corrected chi connectivity index (χ2v) is 6.67. The molecule has 28 heavy (non-hydrogen) atoms. The number of carbonyl (C=O) groups is 1. The Morgan fingerprint density at radius 2 is 1.89 bits per heavy atom. The minimum atomic E-state index is -0.122. The van der Waals surface area contributed by atoms with E-state index < -0.39 is 0 Å². The number of rotatable bonds is 8. The van der Waals surface area contributed by atoms with E-state index in [2.05, 4.69) is 39.6 Å². The summed E-state index contributed by atoms with van der Waals surface area (Å²) in [6, 6.07) is 20.0. The lowest BCUT2D eigenvalue weighted by atomic mass is 10.1. The molecule has 0 saturated carbocycles. The molecule has 1 N–H and O–H groups in total. The van der Waals surface area contributed by atoms with Crippen LogP contribution in [0.15, 0.2) is 66.9 Å². The Bertz CT molecular complexity index is 911. The number of hydrogen-bond acceptors (Lipinski definition) is 4. The number of aryl methyl sites for hydroxylation is 2. The van der Waals surface area contributed by atoms with Crippen LogP contribution in [0.2, 0.25) is 0 Å². The fourth-order valence-electron chi connectivity index (χ4n) is 3.08. The molecule has 0 radical (unpaired) electrons. The smallest absolute Gasteiger partial charge is 0.277 e. The summed E-state index contributed by atoms with van der Waals surface area (Å²) in [4.78, 5) is 23.4. The Hall–Kier alpha value is -3.21. The molecule has 0 spiro atoms. The first-order valence-electron chi connectivity index (χ1n) is 9.66. The Balaban J connectivity index is 1.62. The molecule has 0 aliphatic heterocycles. The highest BCUT2D eigenvalue weighted by Crippen LogP contribution is 2.18. The molecule has 0 aliphatic carbocycles. The van der Waals surface area contributed by atoms with Crippen molar-refractivity contribution >= 4 is 17.5 Å². The summed E-state index contributed by atoms with van der Waals surface area (Å²) < 4.78 is 0. The minimum absolute atomic E-state index is 0.122. The van der Waals surface area contributed by atoms with Gasteiger partial charge in [-0.2, -0.15) is 0 Å². The van der Waals surface area contributed by atoms with Gasteiger partial charge in [0.2, 0.25) is 5.95 Å². The van der Waals surface area contributed by atoms with Crippen LogP contribution in [0.1, 0.15) is 35.0 Å². The van der Waals surface area contributed by atoms with E-state index in [-0.39, 0.29) is 5.91 Å². The quantitative estimate of drug-likeness (QED) is 0.590. The van der Waals surface area contributed by atoms with Crippen LogP contribution in [0, 0.1) is 6.92 Å². The molecule has 5 heteroatoms. The van der Waals surface area contributed by atoms with Gasteiger partial charge in [-0.3, -0.25) is 4.79 Å². The third-order valence-electron chi connectivity index (χ3n) is 4.52. The Kier molecular flexibility index (Phi) is 6.73. The topological polar surface area (TPSA) is 58.1 Å². The number of benzene rings is 2. The van der Waals surface area contributed by atoms with Crippen LogP contribution in [0.3, 0.4) is 0 Å². The normalized spacial score (nSPS) is 10.5. The zero-order valence-corrected chi connectivity index (χ0v) is 16.4. The van der Waals surface area contributed by atoms with Gasteiger partial charge in [0.05, 0.1) is 0 Å². The molecule has 0 aliphatic rings. The van der Waals surface area contributed by atoms with Crippen LogP contribution in [0.4, 0.5) is 11.6 Å². The molecular formula is C23H26N4O. The van der Waals surface area contributed by atoms with Gasteiger partial charge in [-0.15, -0.1) is 0 Å². The molecule has 2 aromatic carbocycles. The van der Waals surface area contributed by atoms with E-state index in [1.165, 1.54) is 5.56 Å². The maximum absolute atomic E-state index is 13.0. The summed E-state index contributed by atoms with van der Waals surface area (Å²) in [7, 11) is 0. The van der Waals surface area contributed by atoms with E-state index in [1.807, 2.05) is 44.2 Å². The molecular weight excluding hydrogens is 348 g/mol. The number of anilines is 2. The van der Waals surface area contributed by atoms with E-state index in [9.17, 15) is 4.79 Å². The lowest BCUT2D eigenvalue weighted by molar-refractivity contribution is 0.0983. The van der Waals surface area contributed by atoms with Gasteiger partial charge in [0.15, 0.2) is 0 Å². The maximum Gasteiger partial charge on any atom is 0.277 e. The number of aromatic nitrogens is 2. The van der Waals surface area contributed by atoms with Crippen molar-refractivity contribution in [3.63, 3.8) is 0 Å². The molecule has 0 unspecified atom stereocenters. The number of nitrogens with one attached hydrogen (secondary N) is 1. The van der Waals surface area contributed by atoms with Crippen molar-refractivity contribution < 1.29 is 4.79 Å². The summed E-state index contributed by atoms with van der Waals surface area (Å²) in [5, 5.41) is 3.22. The second kappa shape index (κ2) is 9.65. The summed E-state index contributed by atoms with van der Waals surface area (Å²) in [5.74, 6) is 0.363. The van der Waals surface area contributed by atoms with E-state index in [0.29, 0.717) is 18.2 Å². The van der Waals surface area contributed by atoms with Crippen LogP contribution >= 0.6 is 0 Å². The lowest BCUT2D eigenvalue weighted by Crippen LogP contribution is -2.31. The SMILES string of the molecule is CCN(C(=O)c1ccnc(NCCCc2ccccc2)n1)c1cccc(C)c1. The molecule has 144 valence electrons. The van der Waals surface area contributed by atoms with E-state index in [0.717, 1.165) is 30.6 Å². The lowest BCUT2D eigenvalue weighted by Gasteiger charge is -2.21. The van der Waals surface area contributed by atoms with Crippen molar-refractivity contribution in [1.82, 2.24) is 9.97 Å². The number of amides is 1. The number of nitrogens with zero attached hydrogens (tertiary/aromatic N) is 3. The van der Waals surface area contributed by atoms with Gasteiger partial charge < -0.3 is 10.2 Å². The van der Waals surface area contributed by atoms with Crippen LogP contribution < -0.4 is 10.2 Å². The van der Waals surface area contributed by atoms with E-state index in [4.69, 9.17) is 0 Å². The molecule has 0 fully saturated rings. The number of hydrogen-bond donors (Lipinski definition) is 1. The molecule has 0 bridgehead atoms. The van der Waals surface area contributed by atoms with E-state index in [1.54, 1.807) is 17.2 Å². The van der Waals surface area contributed by atoms with Gasteiger partial charge in [-0.25, -0.2) is 9.97 Å². The molecule has 0 atom stereocenters. The van der Waals surface area contributed by atoms with Crippen molar-refractivity contribution in [3.05, 3.63) is 83.7 Å².